The predicted octanol–water partition coefficient (Wildman–Crippen LogP) is 6.72. The Kier molecular flexibility index (Phi) is 10.4. The van der Waals surface area contributed by atoms with E-state index in [1.54, 1.807) is 0 Å². The van der Waals surface area contributed by atoms with Gasteiger partial charge in [-0.25, -0.2) is 0 Å². The van der Waals surface area contributed by atoms with Crippen LogP contribution in [0.4, 0.5) is 22.7 Å². The summed E-state index contributed by atoms with van der Waals surface area (Å²) in [7, 11) is 0. The third kappa shape index (κ3) is 7.49. The number of fused-ring (bicyclic) bond motifs is 4. The summed E-state index contributed by atoms with van der Waals surface area (Å²) < 4.78 is 17.3. The zero-order valence-corrected chi connectivity index (χ0v) is 31.6. The lowest BCUT2D eigenvalue weighted by molar-refractivity contribution is -0.111. The first-order valence-electron chi connectivity index (χ1n) is 19.9. The molecule has 4 aromatic carbocycles. The van der Waals surface area contributed by atoms with Crippen LogP contribution in [0.2, 0.25) is 0 Å². The van der Waals surface area contributed by atoms with Crippen molar-refractivity contribution in [1.82, 2.24) is 9.80 Å². The summed E-state index contributed by atoms with van der Waals surface area (Å²) in [5.74, 6) is 1.18. The molecule has 56 heavy (non-hydrogen) atoms. The van der Waals surface area contributed by atoms with E-state index in [1.165, 1.54) is 32.4 Å². The van der Waals surface area contributed by atoms with E-state index >= 15 is 0 Å². The minimum absolute atomic E-state index is 0.0900. The van der Waals surface area contributed by atoms with Crippen molar-refractivity contribution in [2.24, 2.45) is 0 Å². The van der Waals surface area contributed by atoms with Crippen LogP contribution in [0.15, 0.2) is 84.9 Å². The van der Waals surface area contributed by atoms with Crippen LogP contribution in [0, 0.1) is 0 Å². The predicted molar refractivity (Wildman–Crippen MR) is 221 cm³/mol. The Hall–Kier alpha value is -5.62. The summed E-state index contributed by atoms with van der Waals surface area (Å²) in [5, 5.41) is 12.9. The molecule has 0 spiro atoms. The first-order chi connectivity index (χ1) is 27.6. The zero-order valence-electron chi connectivity index (χ0n) is 31.6. The highest BCUT2D eigenvalue weighted by Crippen LogP contribution is 2.43. The number of nitrogens with one attached hydrogen (secondary N) is 4. The van der Waals surface area contributed by atoms with E-state index in [0.717, 1.165) is 109 Å². The molecule has 2 saturated heterocycles. The fourth-order valence-electron chi connectivity index (χ4n) is 8.37. The number of ether oxygens (including phenoxy) is 3. The molecular formula is C45H48N6O5. The number of hydrogen-bond donors (Lipinski definition) is 4. The zero-order chi connectivity index (χ0) is 37.8. The van der Waals surface area contributed by atoms with Gasteiger partial charge in [-0.15, -0.1) is 0 Å². The Bertz CT molecular complexity index is 2050. The minimum atomic E-state index is -0.100. The first-order valence-corrected chi connectivity index (χ1v) is 19.9. The van der Waals surface area contributed by atoms with Crippen LogP contribution in [-0.2, 0) is 37.0 Å². The molecule has 2 fully saturated rings. The molecule has 2 amide bonds. The van der Waals surface area contributed by atoms with Gasteiger partial charge in [0.05, 0.1) is 24.4 Å². The number of hydrogen-bond acceptors (Lipinski definition) is 9. The summed E-state index contributed by atoms with van der Waals surface area (Å²) >= 11 is 0. The van der Waals surface area contributed by atoms with Crippen LogP contribution in [-0.4, -0.2) is 87.2 Å². The van der Waals surface area contributed by atoms with Crippen LogP contribution in [0.25, 0.3) is 22.7 Å². The van der Waals surface area contributed by atoms with Crippen LogP contribution < -0.4 is 21.3 Å². The molecule has 11 heteroatoms. The molecule has 6 heterocycles. The molecule has 288 valence electrons. The quantitative estimate of drug-likeness (QED) is 0.146. The van der Waals surface area contributed by atoms with Crippen molar-refractivity contribution in [3.8, 4) is 0 Å². The average molecular weight is 753 g/mol. The molecule has 6 aliphatic rings. The van der Waals surface area contributed by atoms with Crippen LogP contribution in [0.1, 0.15) is 52.6 Å². The summed E-state index contributed by atoms with van der Waals surface area (Å²) in [6, 6.07) is 28.0. The van der Waals surface area contributed by atoms with Gasteiger partial charge in [-0.2, -0.15) is 0 Å². The van der Waals surface area contributed by atoms with Crippen LogP contribution >= 0.6 is 0 Å². The third-order valence-electron chi connectivity index (χ3n) is 11.3. The molecule has 0 bridgehead atoms. The maximum absolute atomic E-state index is 12.5. The number of carbonyl (C=O) groups excluding carboxylic acids is 2. The van der Waals surface area contributed by atoms with Gasteiger partial charge in [0.1, 0.15) is 24.7 Å². The second-order valence-electron chi connectivity index (χ2n) is 14.9. The summed E-state index contributed by atoms with van der Waals surface area (Å²) in [5.41, 5.74) is 11.2. The van der Waals surface area contributed by atoms with Crippen molar-refractivity contribution in [1.29, 1.82) is 0 Å². The lowest BCUT2D eigenvalue weighted by Crippen LogP contribution is -2.39. The smallest absolute Gasteiger partial charge is 0.260 e. The summed E-state index contributed by atoms with van der Waals surface area (Å²) in [6.45, 7) is 11.0. The van der Waals surface area contributed by atoms with Gasteiger partial charge in [-0.3, -0.25) is 14.5 Å². The van der Waals surface area contributed by atoms with E-state index in [2.05, 4.69) is 67.5 Å². The number of para-hydroxylation sites is 2. The number of likely N-dealkylation sites (tertiary alicyclic amines) is 1. The van der Waals surface area contributed by atoms with Crippen molar-refractivity contribution in [3.05, 3.63) is 118 Å². The van der Waals surface area contributed by atoms with Crippen LogP contribution in [0.3, 0.4) is 0 Å². The average Bonchev–Trinajstić information content (AvgIpc) is 4.00. The van der Waals surface area contributed by atoms with Crippen molar-refractivity contribution < 1.29 is 23.8 Å². The largest absolute Gasteiger partial charge is 0.487 e. The van der Waals surface area contributed by atoms with Gasteiger partial charge < -0.3 is 40.4 Å². The number of benzene rings is 4. The van der Waals surface area contributed by atoms with E-state index in [4.69, 9.17) is 14.2 Å². The standard InChI is InChI=1S/C23H25N3O2.C22H23N3O3/c27-23-21(19-6-2-3-7-20(19)25-23)22-18-9-8-17(14-16(18)15-28-22)24-10-13-26-11-4-1-5-12-26;26-22-20(18-3-1-2-4-19(18)24-22)21-17-6-5-16(13-15(17)14-28-21)23-7-8-25-9-11-27-12-10-25/h2-3,6-9,14,24H,1,4-5,10-13,15H2,(H,25,27);1-6,13,23H,7-12,14H2,(H,24,26). The SMILES string of the molecule is O=C1Nc2ccccc2C1=C1OCc2cc(NCCN3CCCCC3)ccc21.O=C1Nc2ccccc2C1=C1OCc2cc(NCCN3CCOCC3)ccc21. The van der Waals surface area contributed by atoms with Crippen molar-refractivity contribution >= 4 is 57.2 Å². The van der Waals surface area contributed by atoms with E-state index in [-0.39, 0.29) is 11.8 Å². The number of carbonyl (C=O) groups is 2. The van der Waals surface area contributed by atoms with E-state index in [9.17, 15) is 9.59 Å². The Labute approximate surface area is 327 Å². The van der Waals surface area contributed by atoms with Crippen LogP contribution in [0.5, 0.6) is 0 Å². The third-order valence-corrected chi connectivity index (χ3v) is 11.3. The molecule has 0 atom stereocenters. The van der Waals surface area contributed by atoms with Gasteiger partial charge in [-0.05, 0) is 74.5 Å². The lowest BCUT2D eigenvalue weighted by Gasteiger charge is -2.26. The summed E-state index contributed by atoms with van der Waals surface area (Å²) in [4.78, 5) is 30.0. The molecule has 4 aromatic rings. The van der Waals surface area contributed by atoms with Gasteiger partial charge >= 0.3 is 0 Å². The number of nitrogens with zero attached hydrogens (tertiary/aromatic N) is 2. The normalized spacial score (nSPS) is 21.1. The highest BCUT2D eigenvalue weighted by molar-refractivity contribution is 6.37. The van der Waals surface area contributed by atoms with Gasteiger partial charge in [-0.1, -0.05) is 42.8 Å². The van der Waals surface area contributed by atoms with Gasteiger partial charge in [0.15, 0.2) is 0 Å². The first kappa shape index (κ1) is 36.0. The van der Waals surface area contributed by atoms with Gasteiger partial charge in [0.25, 0.3) is 11.8 Å². The number of rotatable bonds is 8. The van der Waals surface area contributed by atoms with Crippen molar-refractivity contribution in [3.63, 3.8) is 0 Å². The summed E-state index contributed by atoms with van der Waals surface area (Å²) in [6.07, 6.45) is 4.02. The molecule has 0 unspecified atom stereocenters. The fraction of sp³-hybridized carbons (Fsp3) is 0.333. The lowest BCUT2D eigenvalue weighted by atomic mass is 10.0. The Balaban J connectivity index is 0.000000146. The van der Waals surface area contributed by atoms with E-state index in [0.29, 0.717) is 35.9 Å². The number of morpholine rings is 1. The monoisotopic (exact) mass is 752 g/mol. The second kappa shape index (κ2) is 16.2. The Morgan fingerprint density at radius 3 is 1.55 bits per heavy atom. The number of anilines is 4. The molecule has 6 aliphatic heterocycles. The number of amides is 2. The molecule has 0 radical (unpaired) electrons. The molecule has 10 rings (SSSR count). The highest BCUT2D eigenvalue weighted by Gasteiger charge is 2.33. The van der Waals surface area contributed by atoms with Gasteiger partial charge in [0, 0.05) is 95.4 Å². The Morgan fingerprint density at radius 1 is 0.554 bits per heavy atom. The highest BCUT2D eigenvalue weighted by atomic mass is 16.5. The van der Waals surface area contributed by atoms with Gasteiger partial charge in [0.2, 0.25) is 0 Å². The molecule has 0 saturated carbocycles. The molecule has 4 N–H and O–H groups in total. The topological polar surface area (TPSA) is 116 Å². The van der Waals surface area contributed by atoms with E-state index in [1.807, 2.05) is 48.5 Å². The number of piperidine rings is 1. The van der Waals surface area contributed by atoms with Crippen molar-refractivity contribution in [2.45, 2.75) is 32.5 Å². The molecule has 0 aliphatic carbocycles. The molecule has 11 nitrogen and oxygen atoms in total. The minimum Gasteiger partial charge on any atom is -0.487 e. The maximum atomic E-state index is 12.5. The Morgan fingerprint density at radius 2 is 1.04 bits per heavy atom. The molecule has 0 aromatic heterocycles. The maximum Gasteiger partial charge on any atom is 0.260 e. The second-order valence-corrected chi connectivity index (χ2v) is 14.9. The van der Waals surface area contributed by atoms with Crippen molar-refractivity contribution in [2.75, 3.05) is 86.8 Å². The molecular weight excluding hydrogens is 705 g/mol. The fourth-order valence-corrected chi connectivity index (χ4v) is 8.37. The van der Waals surface area contributed by atoms with E-state index < -0.39 is 0 Å².